The van der Waals surface area contributed by atoms with Crippen LogP contribution in [0.15, 0.2) is 58.8 Å². The Morgan fingerprint density at radius 3 is 0.655 bits per heavy atom. The SMILES string of the molecule is C#CC#CC#CC#CC#CC#CC#CC#CC#CC#CC#CC#CC1=C(C#CC#CC#CC#CC#CC#CC#CC#CC#CC#CC#CC#CC)C(C#CC#CC#CC#CC#CC#CC#CC#CC#CC#CC#CC)=C(C#CC#CC#CC#CC#CC#CC#CC#CC#CC#CC#C)C12c1cccc3c1-c1c2ccc[n+]1C3.CC.CC. The predicted octanol–water partition coefficient (Wildman–Crippen LogP) is 5.72. The molecule has 0 radical (unpaired) electrons. The third-order valence-corrected chi connectivity index (χ3v) is 11.1. The Morgan fingerprint density at radius 2 is 0.431 bits per heavy atom. The maximum atomic E-state index is 5.05. The Hall–Kier alpha value is -22.4. The summed E-state index contributed by atoms with van der Waals surface area (Å²) in [6.45, 7) is 12.0. The van der Waals surface area contributed by atoms with Gasteiger partial charge >= 0.3 is 0 Å². The molecule has 0 bridgehead atoms. The fourth-order valence-electron chi connectivity index (χ4n) is 7.65. The Morgan fingerprint density at radius 1 is 0.233 bits per heavy atom. The number of terminal acetylenes is 2. The smallest absolute Gasteiger partial charge is 0.194 e. The van der Waals surface area contributed by atoms with Crippen LogP contribution in [0.2, 0.25) is 0 Å². The molecule has 1 aliphatic heterocycles. The summed E-state index contributed by atoms with van der Waals surface area (Å²) in [6.07, 6.45) is 12.1. The third kappa shape index (κ3) is 36.5. The van der Waals surface area contributed by atoms with Crippen molar-refractivity contribution >= 4 is 0 Å². The molecular weight excluding hydrogens is 1400 g/mol. The van der Waals surface area contributed by atoms with E-state index in [1.807, 2.05) is 58.2 Å². The van der Waals surface area contributed by atoms with Crippen molar-refractivity contribution in [3.63, 3.8) is 0 Å². The van der Waals surface area contributed by atoms with E-state index in [4.69, 9.17) is 12.8 Å². The summed E-state index contributed by atoms with van der Waals surface area (Å²) in [5, 5.41) is 0. The van der Waals surface area contributed by atoms with Gasteiger partial charge in [-0.1, -0.05) is 81.4 Å². The van der Waals surface area contributed by atoms with Crippen molar-refractivity contribution < 1.29 is 4.57 Å². The maximum Gasteiger partial charge on any atom is 0.218 e. The zero-order chi connectivity index (χ0) is 82.9. The molecule has 0 N–H and O–H groups in total. The molecule has 0 amide bonds. The first kappa shape index (κ1) is 87.8. The lowest BCUT2D eigenvalue weighted by Gasteiger charge is -2.29. The monoisotopic (exact) mass is 1420 g/mol. The minimum absolute atomic E-state index is 0.341. The van der Waals surface area contributed by atoms with E-state index in [2.05, 4.69) is 543 Å². The molecular formula is C115H28N+. The molecule has 2 heterocycles. The molecule has 0 saturated heterocycles. The fourth-order valence-corrected chi connectivity index (χ4v) is 7.65. The highest BCUT2D eigenvalue weighted by Gasteiger charge is 2.59. The van der Waals surface area contributed by atoms with Gasteiger partial charge in [-0.2, -0.15) is 4.57 Å². The number of rotatable bonds is 0. The van der Waals surface area contributed by atoms with E-state index in [1.54, 1.807) is 13.8 Å². The molecule has 2 aromatic rings. The molecule has 1 spiro atoms. The molecule has 1 aromatic heterocycles. The van der Waals surface area contributed by atoms with Crippen molar-refractivity contribution in [3.05, 3.63) is 75.5 Å². The number of hydrogen-bond acceptors (Lipinski definition) is 0. The zero-order valence-corrected chi connectivity index (χ0v) is 61.8. The van der Waals surface area contributed by atoms with Crippen molar-refractivity contribution in [2.45, 2.75) is 53.5 Å². The number of hydrogen-bond donors (Lipinski definition) is 0. The molecule has 1 unspecified atom stereocenters. The first-order valence-corrected chi connectivity index (χ1v) is 32.2. The highest BCUT2D eigenvalue weighted by molar-refractivity contribution is 5.93. The number of aromatic nitrogens is 1. The first-order chi connectivity index (χ1) is 57.7. The number of benzene rings is 1. The van der Waals surface area contributed by atoms with E-state index in [0.717, 1.165) is 27.9 Å². The van der Waals surface area contributed by atoms with Gasteiger partial charge in [0.1, 0.15) is 0 Å². The van der Waals surface area contributed by atoms with E-state index in [-0.39, 0.29) is 0 Å². The average molecular weight is 1420 g/mol. The lowest BCUT2D eigenvalue weighted by Crippen LogP contribution is -2.36. The van der Waals surface area contributed by atoms with Crippen LogP contribution in [0, 0.1) is 546 Å². The Bertz CT molecular complexity index is 7930. The topological polar surface area (TPSA) is 3.88 Å². The van der Waals surface area contributed by atoms with Gasteiger partial charge in [0, 0.05) is 147 Å². The summed E-state index contributed by atoms with van der Waals surface area (Å²) in [7, 11) is 0. The number of nitrogens with zero attached hydrogens (tertiary/aromatic N) is 1. The normalized spacial score (nSPS) is 7.72. The van der Waals surface area contributed by atoms with Gasteiger partial charge in [-0.15, -0.1) is 12.8 Å². The fraction of sp³-hybridized carbons (Fsp3) is 0.0696. The lowest BCUT2D eigenvalue weighted by molar-refractivity contribution is -0.672. The van der Waals surface area contributed by atoms with Crippen LogP contribution in [0.25, 0.3) is 11.3 Å². The molecule has 0 saturated carbocycles. The van der Waals surface area contributed by atoms with Crippen molar-refractivity contribution in [2.24, 2.45) is 0 Å². The molecule has 1 heteroatoms. The summed E-state index contributed by atoms with van der Waals surface area (Å²) >= 11 is 0. The quantitative estimate of drug-likeness (QED) is 0.201. The third-order valence-electron chi connectivity index (χ3n) is 11.1. The van der Waals surface area contributed by atoms with Gasteiger partial charge in [-0.05, 0) is 404 Å². The van der Waals surface area contributed by atoms with E-state index in [9.17, 15) is 0 Å². The summed E-state index contributed by atoms with van der Waals surface area (Å²) in [5.41, 5.74) is 5.01. The summed E-state index contributed by atoms with van der Waals surface area (Å²) in [4.78, 5) is 0. The van der Waals surface area contributed by atoms with E-state index >= 15 is 0 Å². The van der Waals surface area contributed by atoms with Crippen LogP contribution in [0.3, 0.4) is 0 Å². The Labute approximate surface area is 685 Å². The van der Waals surface area contributed by atoms with Crippen LogP contribution in [-0.4, -0.2) is 0 Å². The first-order valence-electron chi connectivity index (χ1n) is 32.2. The molecule has 5 rings (SSSR count). The van der Waals surface area contributed by atoms with Crippen molar-refractivity contribution in [2.75, 3.05) is 0 Å². The van der Waals surface area contributed by atoms with Crippen molar-refractivity contribution in [1.82, 2.24) is 0 Å². The van der Waals surface area contributed by atoms with Crippen LogP contribution < -0.4 is 4.57 Å². The van der Waals surface area contributed by atoms with Gasteiger partial charge in [-0.3, -0.25) is 0 Å². The van der Waals surface area contributed by atoms with Crippen LogP contribution in [0.5, 0.6) is 0 Å². The van der Waals surface area contributed by atoms with Gasteiger partial charge in [0.2, 0.25) is 5.69 Å². The second kappa shape index (κ2) is 63.5. The van der Waals surface area contributed by atoms with Gasteiger partial charge in [0.05, 0.1) is 22.1 Å². The minimum atomic E-state index is -1.27. The second-order valence-corrected chi connectivity index (χ2v) is 17.5. The molecule has 116 heavy (non-hydrogen) atoms. The molecule has 1 nitrogen and oxygen atoms in total. The Kier molecular flexibility index (Phi) is 48.1. The minimum Gasteiger partial charge on any atom is -0.194 e. The standard InChI is InChI=1S/C111H16N.2C2H6/c1-5-9-13-17-21-25-29-33-37-41-45-49-51-53-56-60-64-68-72-76-80-84-88-95-104-103(94-87-83-79-75-71-67-63-59-55-52-47-43-39-35-31-27-23-19-15-11-7-3)105(96-89-85-81-77-73-69-65-61-57-48-44-40-36-32-28-24-20-16-12-8-4)111(107-98-91-93-102-101-112-100-92-99-108(111)110(112)109(102)107)106(104)97-90-86-82-78-74-70-66-62-58-54-50-46-42-38-34-30-26-22-18-14-10-6-2;2*1-2/h2,4,91-93,98-100H,101H2,1,3H3;2*1-2H3/q+1;;. The predicted molar refractivity (Wildman–Crippen MR) is 460 cm³/mol. The van der Waals surface area contributed by atoms with Crippen LogP contribution >= 0.6 is 0 Å². The average Bonchev–Trinajstić information content (AvgIpc) is 1.50. The highest BCUT2D eigenvalue weighted by Crippen LogP contribution is 2.61. The van der Waals surface area contributed by atoms with Gasteiger partial charge < -0.3 is 0 Å². The van der Waals surface area contributed by atoms with Crippen molar-refractivity contribution in [1.29, 1.82) is 0 Å². The molecule has 1 aromatic carbocycles. The molecule has 2 aliphatic carbocycles. The largest absolute Gasteiger partial charge is 0.218 e. The molecule has 3 aliphatic rings. The molecule has 0 fully saturated rings. The van der Waals surface area contributed by atoms with Gasteiger partial charge in [0.15, 0.2) is 12.7 Å². The van der Waals surface area contributed by atoms with E-state index in [1.165, 1.54) is 0 Å². The Balaban J connectivity index is 0.00000856. The van der Waals surface area contributed by atoms with Crippen molar-refractivity contribution in [3.8, 4) is 557 Å². The number of allylic oxidation sites excluding steroid dienone is 4. The van der Waals surface area contributed by atoms with Gasteiger partial charge in [0.25, 0.3) is 0 Å². The number of fused-ring (bicyclic) bond motifs is 2. The van der Waals surface area contributed by atoms with Crippen LogP contribution in [0.1, 0.15) is 58.2 Å². The lowest BCUT2D eigenvalue weighted by atomic mass is 9.69. The maximum absolute atomic E-state index is 5.05. The summed E-state index contributed by atoms with van der Waals surface area (Å²) in [6, 6.07) is 10.0. The highest BCUT2D eigenvalue weighted by atomic mass is 15.0. The van der Waals surface area contributed by atoms with Gasteiger partial charge in [-0.25, -0.2) is 0 Å². The number of pyridine rings is 1. The van der Waals surface area contributed by atoms with E-state index < -0.39 is 5.41 Å². The second-order valence-electron chi connectivity index (χ2n) is 17.5. The summed E-state index contributed by atoms with van der Waals surface area (Å²) < 4.78 is 2.16. The van der Waals surface area contributed by atoms with Crippen LogP contribution in [-0.2, 0) is 12.0 Å². The zero-order valence-electron chi connectivity index (χ0n) is 61.8. The molecule has 492 valence electrons. The summed E-state index contributed by atoms with van der Waals surface area (Å²) in [5.74, 6) is 235. The van der Waals surface area contributed by atoms with Crippen LogP contribution in [0.4, 0.5) is 0 Å². The van der Waals surface area contributed by atoms with E-state index in [0.29, 0.717) is 28.8 Å². The molecule has 1 atom stereocenters.